The van der Waals surface area contributed by atoms with Gasteiger partial charge in [0.15, 0.2) is 0 Å². The standard InChI is InChI=1S/C13H15FN2O3/c1-15-11(6-13(18)19)7-16(8-12(15)17)10-4-2-9(14)3-5-10/h2-5,11H,6-8H2,1H3,(H,18,19). The molecule has 0 bridgehead atoms. The molecular formula is C13H15FN2O3. The van der Waals surface area contributed by atoms with Gasteiger partial charge in [-0.3, -0.25) is 9.59 Å². The van der Waals surface area contributed by atoms with Crippen LogP contribution in [0.3, 0.4) is 0 Å². The second kappa shape index (κ2) is 5.26. The van der Waals surface area contributed by atoms with Crippen LogP contribution in [0, 0.1) is 5.82 Å². The first-order valence-corrected chi connectivity index (χ1v) is 5.95. The average Bonchev–Trinajstić information content (AvgIpc) is 2.35. The summed E-state index contributed by atoms with van der Waals surface area (Å²) < 4.78 is 12.9. The van der Waals surface area contributed by atoms with Crippen molar-refractivity contribution in [2.45, 2.75) is 12.5 Å². The number of nitrogens with zero attached hydrogens (tertiary/aromatic N) is 2. The molecule has 1 aromatic carbocycles. The summed E-state index contributed by atoms with van der Waals surface area (Å²) in [6, 6.07) is 5.45. The van der Waals surface area contributed by atoms with Crippen molar-refractivity contribution in [2.24, 2.45) is 0 Å². The van der Waals surface area contributed by atoms with Gasteiger partial charge in [-0.15, -0.1) is 0 Å². The fraction of sp³-hybridized carbons (Fsp3) is 0.385. The highest BCUT2D eigenvalue weighted by atomic mass is 19.1. The molecule has 1 fully saturated rings. The molecule has 1 atom stereocenters. The van der Waals surface area contributed by atoms with Gasteiger partial charge in [0, 0.05) is 19.3 Å². The number of rotatable bonds is 3. The number of carboxylic acid groups (broad SMARTS) is 1. The Balaban J connectivity index is 2.16. The van der Waals surface area contributed by atoms with Crippen LogP contribution in [-0.2, 0) is 9.59 Å². The molecule has 1 aliphatic heterocycles. The number of carboxylic acids is 1. The number of benzene rings is 1. The molecular weight excluding hydrogens is 251 g/mol. The minimum absolute atomic E-state index is 0.0973. The molecule has 0 aromatic heterocycles. The van der Waals surface area contributed by atoms with Gasteiger partial charge >= 0.3 is 5.97 Å². The Morgan fingerprint density at radius 1 is 1.42 bits per heavy atom. The quantitative estimate of drug-likeness (QED) is 0.884. The number of halogens is 1. The average molecular weight is 266 g/mol. The molecule has 1 aromatic rings. The predicted molar refractivity (Wildman–Crippen MR) is 67.4 cm³/mol. The van der Waals surface area contributed by atoms with Gasteiger partial charge in [0.05, 0.1) is 19.0 Å². The number of hydrogen-bond donors (Lipinski definition) is 1. The van der Waals surface area contributed by atoms with E-state index >= 15 is 0 Å². The maximum absolute atomic E-state index is 12.9. The molecule has 2 rings (SSSR count). The van der Waals surface area contributed by atoms with E-state index in [9.17, 15) is 14.0 Å². The zero-order chi connectivity index (χ0) is 14.0. The van der Waals surface area contributed by atoms with Crippen LogP contribution in [0.25, 0.3) is 0 Å². The van der Waals surface area contributed by atoms with Crippen molar-refractivity contribution in [1.29, 1.82) is 0 Å². The zero-order valence-corrected chi connectivity index (χ0v) is 10.5. The van der Waals surface area contributed by atoms with E-state index in [-0.39, 0.29) is 30.7 Å². The molecule has 6 heteroatoms. The van der Waals surface area contributed by atoms with Crippen molar-refractivity contribution in [3.63, 3.8) is 0 Å². The summed E-state index contributed by atoms with van der Waals surface area (Å²) in [6.45, 7) is 0.610. The van der Waals surface area contributed by atoms with Gasteiger partial charge in [-0.2, -0.15) is 0 Å². The summed E-state index contributed by atoms with van der Waals surface area (Å²) in [5.74, 6) is -1.42. The molecule has 1 heterocycles. The number of piperazine rings is 1. The number of hydrogen-bond acceptors (Lipinski definition) is 3. The number of amides is 1. The molecule has 0 aliphatic carbocycles. The van der Waals surface area contributed by atoms with Gasteiger partial charge in [0.1, 0.15) is 5.82 Å². The van der Waals surface area contributed by atoms with Gasteiger partial charge < -0.3 is 14.9 Å². The van der Waals surface area contributed by atoms with Crippen molar-refractivity contribution < 1.29 is 19.1 Å². The maximum Gasteiger partial charge on any atom is 0.305 e. The zero-order valence-electron chi connectivity index (χ0n) is 10.5. The summed E-state index contributed by atoms with van der Waals surface area (Å²) in [4.78, 5) is 25.9. The van der Waals surface area contributed by atoms with Crippen molar-refractivity contribution in [1.82, 2.24) is 4.90 Å². The van der Waals surface area contributed by atoms with Crippen molar-refractivity contribution in [3.05, 3.63) is 30.1 Å². The van der Waals surface area contributed by atoms with Crippen LogP contribution in [0.5, 0.6) is 0 Å². The summed E-state index contributed by atoms with van der Waals surface area (Å²) in [7, 11) is 1.61. The van der Waals surface area contributed by atoms with Crippen LogP contribution in [0.15, 0.2) is 24.3 Å². The third-order valence-electron chi connectivity index (χ3n) is 3.30. The van der Waals surface area contributed by atoms with Gasteiger partial charge in [-0.25, -0.2) is 4.39 Å². The molecule has 1 N–H and O–H groups in total. The summed E-state index contributed by atoms with van der Waals surface area (Å²) >= 11 is 0. The minimum Gasteiger partial charge on any atom is -0.481 e. The fourth-order valence-electron chi connectivity index (χ4n) is 2.17. The Labute approximate surface area is 110 Å². The summed E-state index contributed by atoms with van der Waals surface area (Å²) in [5.41, 5.74) is 0.721. The SMILES string of the molecule is CN1C(=O)CN(c2ccc(F)cc2)CC1CC(=O)O. The number of carbonyl (C=O) groups excluding carboxylic acids is 1. The lowest BCUT2D eigenvalue weighted by Crippen LogP contribution is -2.55. The minimum atomic E-state index is -0.939. The van der Waals surface area contributed by atoms with Crippen LogP contribution in [0.4, 0.5) is 10.1 Å². The Hall–Kier alpha value is -2.11. The topological polar surface area (TPSA) is 60.9 Å². The lowest BCUT2D eigenvalue weighted by atomic mass is 10.1. The van der Waals surface area contributed by atoms with Gasteiger partial charge in [-0.1, -0.05) is 0 Å². The van der Waals surface area contributed by atoms with Gasteiger partial charge in [0.25, 0.3) is 0 Å². The van der Waals surface area contributed by atoms with Crippen LogP contribution in [0.1, 0.15) is 6.42 Å². The normalized spacial score (nSPS) is 19.7. The molecule has 0 saturated carbocycles. The van der Waals surface area contributed by atoms with E-state index in [1.54, 1.807) is 24.1 Å². The smallest absolute Gasteiger partial charge is 0.305 e. The molecule has 1 saturated heterocycles. The first kappa shape index (κ1) is 13.3. The van der Waals surface area contributed by atoms with E-state index < -0.39 is 5.97 Å². The lowest BCUT2D eigenvalue weighted by Gasteiger charge is -2.39. The van der Waals surface area contributed by atoms with Crippen molar-refractivity contribution in [3.8, 4) is 0 Å². The number of anilines is 1. The van der Waals surface area contributed by atoms with Crippen LogP contribution in [-0.4, -0.2) is 48.1 Å². The summed E-state index contributed by atoms with van der Waals surface area (Å²) in [5, 5.41) is 8.86. The largest absolute Gasteiger partial charge is 0.481 e. The van der Waals surface area contributed by atoms with Crippen molar-refractivity contribution in [2.75, 3.05) is 25.0 Å². The molecule has 1 aliphatic rings. The van der Waals surface area contributed by atoms with E-state index in [4.69, 9.17) is 5.11 Å². The predicted octanol–water partition coefficient (Wildman–Crippen LogP) is 0.947. The van der Waals surface area contributed by atoms with Crippen LogP contribution in [0.2, 0.25) is 0 Å². The Morgan fingerprint density at radius 2 is 2.05 bits per heavy atom. The van der Waals surface area contributed by atoms with Crippen molar-refractivity contribution >= 4 is 17.6 Å². The van der Waals surface area contributed by atoms with Gasteiger partial charge in [0.2, 0.25) is 5.91 Å². The Bertz CT molecular complexity index is 489. The van der Waals surface area contributed by atoms with E-state index in [1.807, 2.05) is 0 Å². The first-order valence-electron chi connectivity index (χ1n) is 5.95. The second-order valence-electron chi connectivity index (χ2n) is 4.61. The molecule has 0 radical (unpaired) electrons. The van der Waals surface area contributed by atoms with Gasteiger partial charge in [-0.05, 0) is 24.3 Å². The molecule has 1 unspecified atom stereocenters. The third-order valence-corrected chi connectivity index (χ3v) is 3.30. The molecule has 102 valence electrons. The highest BCUT2D eigenvalue weighted by Gasteiger charge is 2.31. The molecule has 0 spiro atoms. The number of aliphatic carboxylic acids is 1. The van der Waals surface area contributed by atoms with E-state index in [1.165, 1.54) is 17.0 Å². The Kier molecular flexibility index (Phi) is 3.69. The molecule has 19 heavy (non-hydrogen) atoms. The van der Waals surface area contributed by atoms with Crippen LogP contribution >= 0.6 is 0 Å². The van der Waals surface area contributed by atoms with E-state index in [2.05, 4.69) is 0 Å². The first-order chi connectivity index (χ1) is 8.97. The molecule has 5 nitrogen and oxygen atoms in total. The van der Waals surface area contributed by atoms with E-state index in [0.29, 0.717) is 6.54 Å². The number of carbonyl (C=O) groups is 2. The molecule has 1 amide bonds. The fourth-order valence-corrected chi connectivity index (χ4v) is 2.17. The second-order valence-corrected chi connectivity index (χ2v) is 4.61. The highest BCUT2D eigenvalue weighted by molar-refractivity contribution is 5.84. The van der Waals surface area contributed by atoms with E-state index in [0.717, 1.165) is 5.69 Å². The highest BCUT2D eigenvalue weighted by Crippen LogP contribution is 2.20. The third kappa shape index (κ3) is 3.01. The maximum atomic E-state index is 12.9. The number of likely N-dealkylation sites (N-methyl/N-ethyl adjacent to an activating group) is 1. The Morgan fingerprint density at radius 3 is 2.63 bits per heavy atom. The monoisotopic (exact) mass is 266 g/mol. The summed E-state index contributed by atoms with van der Waals surface area (Å²) in [6.07, 6.45) is -0.0973. The van der Waals surface area contributed by atoms with Crippen LogP contribution < -0.4 is 4.90 Å². The lowest BCUT2D eigenvalue weighted by molar-refractivity contribution is -0.140.